The molecule has 7 heteroatoms. The van der Waals surface area contributed by atoms with Gasteiger partial charge in [0, 0.05) is 20.0 Å². The molecule has 0 amide bonds. The first kappa shape index (κ1) is 13.4. The molecule has 1 atom stereocenters. The number of amidine groups is 1. The molecule has 16 heavy (non-hydrogen) atoms. The van der Waals surface area contributed by atoms with Gasteiger partial charge < -0.3 is 0 Å². The van der Waals surface area contributed by atoms with Crippen molar-refractivity contribution in [3.05, 3.63) is 0 Å². The largest absolute Gasteiger partial charge is 0.323 e. The molecule has 0 bridgehead atoms. The van der Waals surface area contributed by atoms with Gasteiger partial charge in [0.2, 0.25) is 0 Å². The number of unbranched alkanes of at least 4 members (excludes halogenated alkanes) is 1. The summed E-state index contributed by atoms with van der Waals surface area (Å²) < 4.78 is 28.4. The summed E-state index contributed by atoms with van der Waals surface area (Å²) in [6.45, 7) is 4.36. The van der Waals surface area contributed by atoms with Crippen LogP contribution < -0.4 is 5.48 Å². The number of hydrogen-bond donors (Lipinski definition) is 1. The molecule has 1 rings (SSSR count). The zero-order valence-electron chi connectivity index (χ0n) is 9.93. The van der Waals surface area contributed by atoms with Gasteiger partial charge in [-0.15, -0.1) is 4.40 Å². The van der Waals surface area contributed by atoms with Gasteiger partial charge in [0.25, 0.3) is 0 Å². The van der Waals surface area contributed by atoms with E-state index in [0.717, 1.165) is 12.8 Å². The second kappa shape index (κ2) is 5.60. The summed E-state index contributed by atoms with van der Waals surface area (Å²) >= 11 is 0. The van der Waals surface area contributed by atoms with Crippen molar-refractivity contribution in [2.45, 2.75) is 39.2 Å². The molecule has 0 aromatic heterocycles. The second-order valence-corrected chi connectivity index (χ2v) is 5.63. The van der Waals surface area contributed by atoms with Crippen molar-refractivity contribution >= 4 is 16.0 Å². The summed E-state index contributed by atoms with van der Waals surface area (Å²) in [6, 6.07) is 0. The van der Waals surface area contributed by atoms with Crippen LogP contribution in [0.1, 0.15) is 33.1 Å². The number of hydrogen-bond acceptors (Lipinski definition) is 3. The maximum Gasteiger partial charge on any atom is 0.323 e. The quantitative estimate of drug-likeness (QED) is 0.777. The first-order chi connectivity index (χ1) is 7.45. The van der Waals surface area contributed by atoms with E-state index >= 15 is 0 Å². The highest BCUT2D eigenvalue weighted by Gasteiger charge is 2.22. The smallest absolute Gasteiger partial charge is 0.271 e. The Bertz CT molecular complexity index is 353. The lowest BCUT2D eigenvalue weighted by Crippen LogP contribution is -2.28. The Balaban J connectivity index is 2.63. The second-order valence-electron chi connectivity index (χ2n) is 3.93. The summed E-state index contributed by atoms with van der Waals surface area (Å²) in [4.78, 5) is 5.01. The third-order valence-corrected chi connectivity index (χ3v) is 3.73. The molecule has 0 aliphatic carbocycles. The molecule has 0 aromatic rings. The summed E-state index contributed by atoms with van der Waals surface area (Å²) in [5.74, 6) is 0.371. The average Bonchev–Trinajstić information content (AvgIpc) is 2.59. The predicted octanol–water partition coefficient (Wildman–Crippen LogP) is 0.675. The van der Waals surface area contributed by atoms with Crippen LogP contribution in [0.25, 0.3) is 0 Å². The van der Waals surface area contributed by atoms with Crippen LogP contribution in [-0.2, 0) is 15.0 Å². The van der Waals surface area contributed by atoms with Gasteiger partial charge in [-0.2, -0.15) is 12.7 Å². The number of nitrogens with zero attached hydrogens (tertiary/aromatic N) is 2. The van der Waals surface area contributed by atoms with E-state index in [1.165, 1.54) is 11.4 Å². The van der Waals surface area contributed by atoms with E-state index in [0.29, 0.717) is 18.8 Å². The molecule has 1 aliphatic heterocycles. The fourth-order valence-electron chi connectivity index (χ4n) is 1.29. The van der Waals surface area contributed by atoms with Crippen LogP contribution in [0.15, 0.2) is 4.40 Å². The standard InChI is InChI=1S/C9H19N3O3S/c1-4-5-6-12(3)16(13,14)11-9-7-8(2)15-10-9/h8H,4-7H2,1-3H3,(H,10,11)/t8-/m0/s1. The molecular formula is C9H19N3O3S. The van der Waals surface area contributed by atoms with Crippen LogP contribution in [0.5, 0.6) is 0 Å². The lowest BCUT2D eigenvalue weighted by molar-refractivity contribution is 0.0575. The van der Waals surface area contributed by atoms with E-state index in [9.17, 15) is 8.42 Å². The fourth-order valence-corrected chi connectivity index (χ4v) is 2.17. The molecule has 0 spiro atoms. The maximum atomic E-state index is 11.7. The SMILES string of the molecule is CCCCN(C)S(=O)(=O)N=C1C[C@H](C)ON1. The van der Waals surface area contributed by atoms with Gasteiger partial charge in [0.05, 0.1) is 6.10 Å². The molecule has 1 saturated heterocycles. The summed E-state index contributed by atoms with van der Waals surface area (Å²) in [6.07, 6.45) is 2.26. The maximum absolute atomic E-state index is 11.7. The highest BCUT2D eigenvalue weighted by atomic mass is 32.2. The normalized spacial score (nSPS) is 24.0. The molecule has 6 nitrogen and oxygen atoms in total. The molecule has 94 valence electrons. The Morgan fingerprint density at radius 3 is 2.81 bits per heavy atom. The van der Waals surface area contributed by atoms with Crippen LogP contribution in [0.4, 0.5) is 0 Å². The van der Waals surface area contributed by atoms with Crippen LogP contribution >= 0.6 is 0 Å². The molecule has 1 heterocycles. The van der Waals surface area contributed by atoms with Crippen molar-refractivity contribution in [2.24, 2.45) is 4.40 Å². The van der Waals surface area contributed by atoms with Gasteiger partial charge in [0.15, 0.2) is 0 Å². The lowest BCUT2D eigenvalue weighted by Gasteiger charge is -2.13. The Morgan fingerprint density at radius 1 is 1.62 bits per heavy atom. The first-order valence-corrected chi connectivity index (χ1v) is 6.82. The van der Waals surface area contributed by atoms with Gasteiger partial charge in [-0.25, -0.2) is 0 Å². The Morgan fingerprint density at radius 2 is 2.31 bits per heavy atom. The minimum atomic E-state index is -3.56. The summed E-state index contributed by atoms with van der Waals surface area (Å²) in [5.41, 5.74) is 2.52. The van der Waals surface area contributed by atoms with Crippen molar-refractivity contribution in [3.8, 4) is 0 Å². The van der Waals surface area contributed by atoms with E-state index in [1.807, 2.05) is 13.8 Å². The Kier molecular flexibility index (Phi) is 4.69. The monoisotopic (exact) mass is 249 g/mol. The van der Waals surface area contributed by atoms with E-state index < -0.39 is 10.2 Å². The zero-order chi connectivity index (χ0) is 12.2. The number of nitrogens with one attached hydrogen (secondary N) is 1. The lowest BCUT2D eigenvalue weighted by atomic mass is 10.3. The zero-order valence-corrected chi connectivity index (χ0v) is 10.7. The fraction of sp³-hybridized carbons (Fsp3) is 0.889. The van der Waals surface area contributed by atoms with Gasteiger partial charge in [-0.05, 0) is 13.3 Å². The predicted molar refractivity (Wildman–Crippen MR) is 62.2 cm³/mol. The van der Waals surface area contributed by atoms with Gasteiger partial charge in [0.1, 0.15) is 5.84 Å². The van der Waals surface area contributed by atoms with Gasteiger partial charge >= 0.3 is 10.2 Å². The third kappa shape index (κ3) is 3.73. The first-order valence-electron chi connectivity index (χ1n) is 5.42. The summed E-state index contributed by atoms with van der Waals surface area (Å²) in [5, 5.41) is 0. The van der Waals surface area contributed by atoms with Crippen LogP contribution in [0, 0.1) is 0 Å². The third-order valence-electron chi connectivity index (χ3n) is 2.30. The molecule has 0 aromatic carbocycles. The van der Waals surface area contributed by atoms with Crippen molar-refractivity contribution in [1.29, 1.82) is 0 Å². The van der Waals surface area contributed by atoms with Crippen LogP contribution in [-0.4, -0.2) is 38.3 Å². The van der Waals surface area contributed by atoms with Crippen molar-refractivity contribution in [1.82, 2.24) is 9.79 Å². The molecule has 1 aliphatic rings. The van der Waals surface area contributed by atoms with Crippen molar-refractivity contribution in [3.63, 3.8) is 0 Å². The van der Waals surface area contributed by atoms with E-state index in [-0.39, 0.29) is 6.10 Å². The van der Waals surface area contributed by atoms with Gasteiger partial charge in [-0.1, -0.05) is 13.3 Å². The summed E-state index contributed by atoms with van der Waals surface area (Å²) in [7, 11) is -2.02. The topological polar surface area (TPSA) is 71.0 Å². The van der Waals surface area contributed by atoms with Crippen LogP contribution in [0.2, 0.25) is 0 Å². The minimum Gasteiger partial charge on any atom is -0.271 e. The highest BCUT2D eigenvalue weighted by molar-refractivity contribution is 7.87. The van der Waals surface area contributed by atoms with E-state index in [2.05, 4.69) is 9.88 Å². The van der Waals surface area contributed by atoms with Crippen LogP contribution in [0.3, 0.4) is 0 Å². The highest BCUT2D eigenvalue weighted by Crippen LogP contribution is 2.09. The molecule has 1 fully saturated rings. The van der Waals surface area contributed by atoms with Gasteiger partial charge in [-0.3, -0.25) is 10.3 Å². The Labute approximate surface area is 96.8 Å². The molecule has 0 saturated carbocycles. The Hall–Kier alpha value is -0.660. The van der Waals surface area contributed by atoms with E-state index in [1.54, 1.807) is 0 Å². The molecule has 0 radical (unpaired) electrons. The average molecular weight is 249 g/mol. The minimum absolute atomic E-state index is 0.0325. The van der Waals surface area contributed by atoms with E-state index in [4.69, 9.17) is 4.84 Å². The molecule has 1 N–H and O–H groups in total. The number of hydroxylamine groups is 1. The number of rotatable bonds is 5. The van der Waals surface area contributed by atoms with Crippen molar-refractivity contribution < 1.29 is 13.3 Å². The molecular weight excluding hydrogens is 230 g/mol. The molecule has 0 unspecified atom stereocenters. The van der Waals surface area contributed by atoms with Crippen molar-refractivity contribution in [2.75, 3.05) is 13.6 Å².